The first-order valence-corrected chi connectivity index (χ1v) is 8.60. The Labute approximate surface area is 148 Å². The van der Waals surface area contributed by atoms with Gasteiger partial charge in [-0.15, -0.1) is 0 Å². The maximum Gasteiger partial charge on any atom is 0.226 e. The van der Waals surface area contributed by atoms with E-state index in [0.29, 0.717) is 25.4 Å². The number of oxazole rings is 1. The van der Waals surface area contributed by atoms with Gasteiger partial charge >= 0.3 is 0 Å². The molecule has 1 aliphatic rings. The summed E-state index contributed by atoms with van der Waals surface area (Å²) in [4.78, 5) is 6.78. The molecule has 2 heterocycles. The Bertz CT molecular complexity index is 756. The highest BCUT2D eigenvalue weighted by atomic mass is 16.5. The molecule has 1 aliphatic heterocycles. The zero-order valence-corrected chi connectivity index (χ0v) is 15.2. The third-order valence-corrected chi connectivity index (χ3v) is 5.08. The number of nitrogens with zero attached hydrogens (tertiary/aromatic N) is 2. The Morgan fingerprint density at radius 2 is 1.96 bits per heavy atom. The van der Waals surface area contributed by atoms with E-state index in [9.17, 15) is 10.2 Å². The van der Waals surface area contributed by atoms with Crippen molar-refractivity contribution in [1.29, 1.82) is 0 Å². The highest BCUT2D eigenvalue weighted by Gasteiger charge is 2.27. The zero-order valence-electron chi connectivity index (χ0n) is 15.2. The Balaban J connectivity index is 1.82. The average Bonchev–Trinajstić information content (AvgIpc) is 2.94. The molecule has 1 aromatic carbocycles. The number of rotatable bonds is 4. The summed E-state index contributed by atoms with van der Waals surface area (Å²) < 4.78 is 11.3. The van der Waals surface area contributed by atoms with Crippen LogP contribution in [0, 0.1) is 20.8 Å². The minimum absolute atomic E-state index is 0.448. The number of likely N-dealkylation sites (tertiary alicyclic amines) is 1. The van der Waals surface area contributed by atoms with Gasteiger partial charge in [0.1, 0.15) is 11.5 Å². The van der Waals surface area contributed by atoms with Crippen LogP contribution in [-0.2, 0) is 6.54 Å². The summed E-state index contributed by atoms with van der Waals surface area (Å²) in [6.07, 6.45) is -0.760. The maximum atomic E-state index is 9.85. The van der Waals surface area contributed by atoms with E-state index in [1.807, 2.05) is 32.9 Å². The Hall–Kier alpha value is -1.89. The van der Waals surface area contributed by atoms with Gasteiger partial charge in [-0.2, -0.15) is 0 Å². The highest BCUT2D eigenvalue weighted by molar-refractivity contribution is 5.63. The summed E-state index contributed by atoms with van der Waals surface area (Å²) in [5, 5.41) is 19.5. The smallest absolute Gasteiger partial charge is 0.226 e. The van der Waals surface area contributed by atoms with E-state index in [4.69, 9.17) is 9.15 Å². The van der Waals surface area contributed by atoms with Crippen molar-refractivity contribution in [3.63, 3.8) is 0 Å². The lowest BCUT2D eigenvalue weighted by Gasteiger charge is -2.32. The number of aliphatic hydroxyl groups excluding tert-OH is 2. The van der Waals surface area contributed by atoms with Crippen LogP contribution in [0.1, 0.15) is 29.0 Å². The van der Waals surface area contributed by atoms with Crippen molar-refractivity contribution in [3.05, 3.63) is 34.7 Å². The van der Waals surface area contributed by atoms with Crippen molar-refractivity contribution >= 4 is 0 Å². The molecule has 1 aromatic heterocycles. The van der Waals surface area contributed by atoms with Crippen molar-refractivity contribution in [1.82, 2.24) is 9.88 Å². The number of β-amino-alcohol motifs (C(OH)–C–C–N with tert-alkyl or cyclic N) is 1. The zero-order chi connectivity index (χ0) is 18.1. The third-order valence-electron chi connectivity index (χ3n) is 5.08. The molecular formula is C19H26N2O4. The lowest BCUT2D eigenvalue weighted by Crippen LogP contribution is -2.46. The van der Waals surface area contributed by atoms with Gasteiger partial charge in [-0.3, -0.25) is 4.90 Å². The SMILES string of the molecule is COc1ccc(-c2nc(CN3CC[C@H](O)[C@@H](O)C3)c(C)o2)c(C)c1C. The van der Waals surface area contributed by atoms with Gasteiger partial charge in [0.25, 0.3) is 0 Å². The van der Waals surface area contributed by atoms with Gasteiger partial charge in [0.05, 0.1) is 25.0 Å². The molecule has 0 amide bonds. The molecule has 0 bridgehead atoms. The summed E-state index contributed by atoms with van der Waals surface area (Å²) in [5.74, 6) is 2.24. The number of aliphatic hydroxyl groups is 2. The van der Waals surface area contributed by atoms with E-state index < -0.39 is 12.2 Å². The van der Waals surface area contributed by atoms with Crippen LogP contribution in [0.5, 0.6) is 5.75 Å². The molecule has 2 N–H and O–H groups in total. The summed E-state index contributed by atoms with van der Waals surface area (Å²) in [5.41, 5.74) is 3.99. The average molecular weight is 346 g/mol. The molecule has 136 valence electrons. The molecule has 3 rings (SSSR count). The molecule has 2 aromatic rings. The monoisotopic (exact) mass is 346 g/mol. The van der Waals surface area contributed by atoms with E-state index in [-0.39, 0.29) is 0 Å². The van der Waals surface area contributed by atoms with Gasteiger partial charge in [0.15, 0.2) is 0 Å². The van der Waals surface area contributed by atoms with Crippen molar-refractivity contribution in [2.24, 2.45) is 0 Å². The molecule has 0 unspecified atom stereocenters. The molecule has 0 spiro atoms. The standard InChI is InChI=1S/C19H26N2O4/c1-11-12(2)18(24-4)6-5-14(11)19-20-15(13(3)25-19)9-21-8-7-16(22)17(23)10-21/h5-6,16-17,22-23H,7-10H2,1-4H3/t16-,17-/m0/s1. The highest BCUT2D eigenvalue weighted by Crippen LogP contribution is 2.32. The van der Waals surface area contributed by atoms with Gasteiger partial charge in [0, 0.05) is 25.2 Å². The predicted octanol–water partition coefficient (Wildman–Crippen LogP) is 2.20. The summed E-state index contributed by atoms with van der Waals surface area (Å²) in [6.45, 7) is 7.76. The van der Waals surface area contributed by atoms with E-state index in [2.05, 4.69) is 9.88 Å². The molecule has 0 aliphatic carbocycles. The number of hydrogen-bond acceptors (Lipinski definition) is 6. The van der Waals surface area contributed by atoms with Crippen molar-refractivity contribution in [2.45, 2.75) is 45.9 Å². The number of ether oxygens (including phenoxy) is 1. The number of aromatic nitrogens is 1. The second-order valence-corrected chi connectivity index (χ2v) is 6.75. The molecule has 6 heteroatoms. The fourth-order valence-electron chi connectivity index (χ4n) is 3.28. The quantitative estimate of drug-likeness (QED) is 0.884. The largest absolute Gasteiger partial charge is 0.496 e. The van der Waals surface area contributed by atoms with E-state index in [1.165, 1.54) is 0 Å². The number of hydrogen-bond donors (Lipinski definition) is 2. The fraction of sp³-hybridized carbons (Fsp3) is 0.526. The number of methoxy groups -OCH3 is 1. The molecule has 1 saturated heterocycles. The van der Waals surface area contributed by atoms with Gasteiger partial charge in [-0.05, 0) is 50.5 Å². The Morgan fingerprint density at radius 3 is 2.64 bits per heavy atom. The predicted molar refractivity (Wildman–Crippen MR) is 94.6 cm³/mol. The number of piperidine rings is 1. The maximum absolute atomic E-state index is 9.85. The van der Waals surface area contributed by atoms with E-state index in [1.54, 1.807) is 7.11 Å². The van der Waals surface area contributed by atoms with Crippen LogP contribution < -0.4 is 4.74 Å². The molecule has 6 nitrogen and oxygen atoms in total. The van der Waals surface area contributed by atoms with Crippen molar-refractivity contribution in [3.8, 4) is 17.2 Å². The van der Waals surface area contributed by atoms with Crippen LogP contribution in [0.3, 0.4) is 0 Å². The molecule has 25 heavy (non-hydrogen) atoms. The minimum Gasteiger partial charge on any atom is -0.496 e. The normalized spacial score (nSPS) is 21.5. The second-order valence-electron chi connectivity index (χ2n) is 6.75. The van der Waals surface area contributed by atoms with Crippen LogP contribution in [0.2, 0.25) is 0 Å². The molecule has 0 saturated carbocycles. The molecular weight excluding hydrogens is 320 g/mol. The second kappa shape index (κ2) is 7.15. The van der Waals surface area contributed by atoms with Crippen LogP contribution in [-0.4, -0.2) is 52.5 Å². The number of aryl methyl sites for hydroxylation is 1. The lowest BCUT2D eigenvalue weighted by molar-refractivity contribution is -0.0406. The van der Waals surface area contributed by atoms with Crippen LogP contribution in [0.15, 0.2) is 16.5 Å². The van der Waals surface area contributed by atoms with Crippen LogP contribution in [0.4, 0.5) is 0 Å². The van der Waals surface area contributed by atoms with Crippen LogP contribution >= 0.6 is 0 Å². The summed E-state index contributed by atoms with van der Waals surface area (Å²) >= 11 is 0. The van der Waals surface area contributed by atoms with Crippen molar-refractivity contribution in [2.75, 3.05) is 20.2 Å². The fourth-order valence-corrected chi connectivity index (χ4v) is 3.28. The van der Waals surface area contributed by atoms with Crippen LogP contribution in [0.25, 0.3) is 11.5 Å². The lowest BCUT2D eigenvalue weighted by atomic mass is 10.0. The number of benzene rings is 1. The van der Waals surface area contributed by atoms with E-state index >= 15 is 0 Å². The van der Waals surface area contributed by atoms with Gasteiger partial charge in [-0.1, -0.05) is 0 Å². The van der Waals surface area contributed by atoms with Gasteiger partial charge in [-0.25, -0.2) is 4.98 Å². The first kappa shape index (κ1) is 17.9. The Kier molecular flexibility index (Phi) is 5.13. The summed E-state index contributed by atoms with van der Waals surface area (Å²) in [6, 6.07) is 3.90. The Morgan fingerprint density at radius 1 is 1.20 bits per heavy atom. The molecule has 2 atom stereocenters. The molecule has 0 radical (unpaired) electrons. The topological polar surface area (TPSA) is 79.0 Å². The summed E-state index contributed by atoms with van der Waals surface area (Å²) in [7, 11) is 1.67. The first-order valence-electron chi connectivity index (χ1n) is 8.60. The minimum atomic E-state index is -0.702. The first-order chi connectivity index (χ1) is 11.9. The third kappa shape index (κ3) is 3.56. The van der Waals surface area contributed by atoms with E-state index in [0.717, 1.165) is 40.4 Å². The van der Waals surface area contributed by atoms with Gasteiger partial charge in [0.2, 0.25) is 5.89 Å². The van der Waals surface area contributed by atoms with Crippen molar-refractivity contribution < 1.29 is 19.4 Å². The van der Waals surface area contributed by atoms with Gasteiger partial charge < -0.3 is 19.4 Å². The molecule has 1 fully saturated rings.